The summed E-state index contributed by atoms with van der Waals surface area (Å²) in [4.78, 5) is 12.5. The van der Waals surface area contributed by atoms with Crippen molar-refractivity contribution in [1.29, 1.82) is 0 Å². The van der Waals surface area contributed by atoms with Gasteiger partial charge in [0.15, 0.2) is 0 Å². The Balaban J connectivity index is 3.47. The van der Waals surface area contributed by atoms with Gasteiger partial charge in [0.1, 0.15) is 0 Å². The highest BCUT2D eigenvalue weighted by Gasteiger charge is 2.21. The van der Waals surface area contributed by atoms with Crippen LogP contribution in [-0.2, 0) is 4.79 Å². The molecule has 0 saturated heterocycles. The van der Waals surface area contributed by atoms with E-state index >= 15 is 0 Å². The number of nitrogens with one attached hydrogen (secondary N) is 1. The van der Waals surface area contributed by atoms with Crippen molar-refractivity contribution in [2.75, 3.05) is 6.61 Å². The highest BCUT2D eigenvalue weighted by Crippen LogP contribution is 2.18. The van der Waals surface area contributed by atoms with Crippen LogP contribution >= 0.6 is 0 Å². The maximum Gasteiger partial charge on any atom is 0.222 e. The SMILES string of the molecule is CCCCCCCCCCCCCC/C=C\CCCCCCCCCCCCCCCCCC(O)CC(=O)NC(CO)C(O)CCCCCCCCCCCCCCCCCCC. The predicted molar refractivity (Wildman–Crippen MR) is 278 cm³/mol. The van der Waals surface area contributed by atoms with E-state index in [9.17, 15) is 20.1 Å². The van der Waals surface area contributed by atoms with Crippen molar-refractivity contribution < 1.29 is 20.1 Å². The molecule has 0 aliphatic heterocycles. The zero-order chi connectivity index (χ0) is 45.8. The van der Waals surface area contributed by atoms with Crippen molar-refractivity contribution in [2.45, 2.75) is 347 Å². The van der Waals surface area contributed by atoms with Crippen LogP contribution in [0.1, 0.15) is 328 Å². The van der Waals surface area contributed by atoms with Crippen molar-refractivity contribution in [3.63, 3.8) is 0 Å². The van der Waals surface area contributed by atoms with E-state index in [1.165, 1.54) is 270 Å². The molecule has 0 spiro atoms. The Hall–Kier alpha value is -0.910. The zero-order valence-corrected chi connectivity index (χ0v) is 43.0. The minimum Gasteiger partial charge on any atom is -0.394 e. The van der Waals surface area contributed by atoms with Gasteiger partial charge >= 0.3 is 0 Å². The molecule has 0 radical (unpaired) electrons. The Labute approximate surface area is 395 Å². The maximum absolute atomic E-state index is 12.5. The van der Waals surface area contributed by atoms with Gasteiger partial charge in [0.05, 0.1) is 31.3 Å². The number of allylic oxidation sites excluding steroid dienone is 2. The summed E-state index contributed by atoms with van der Waals surface area (Å²) >= 11 is 0. The molecule has 0 aromatic rings. The van der Waals surface area contributed by atoms with E-state index in [0.717, 1.165) is 25.7 Å². The summed E-state index contributed by atoms with van der Waals surface area (Å²) in [6, 6.07) is -0.656. The first-order valence-electron chi connectivity index (χ1n) is 29.0. The second kappa shape index (κ2) is 53.7. The van der Waals surface area contributed by atoms with E-state index in [0.29, 0.717) is 12.8 Å². The van der Waals surface area contributed by atoms with Gasteiger partial charge in [-0.1, -0.05) is 296 Å². The molecule has 0 bridgehead atoms. The smallest absolute Gasteiger partial charge is 0.222 e. The van der Waals surface area contributed by atoms with E-state index < -0.39 is 18.2 Å². The third kappa shape index (κ3) is 50.3. The van der Waals surface area contributed by atoms with Gasteiger partial charge in [-0.3, -0.25) is 4.79 Å². The van der Waals surface area contributed by atoms with Crippen molar-refractivity contribution in [3.05, 3.63) is 12.2 Å². The number of hydrogen-bond donors (Lipinski definition) is 4. The first-order valence-corrected chi connectivity index (χ1v) is 29.0. The molecule has 0 fully saturated rings. The van der Waals surface area contributed by atoms with Crippen LogP contribution < -0.4 is 5.32 Å². The van der Waals surface area contributed by atoms with Gasteiger partial charge in [-0.25, -0.2) is 0 Å². The summed E-state index contributed by atoms with van der Waals surface area (Å²) in [5.74, 6) is -0.276. The number of hydrogen-bond acceptors (Lipinski definition) is 4. The van der Waals surface area contributed by atoms with Gasteiger partial charge in [-0.15, -0.1) is 0 Å². The summed E-state index contributed by atoms with van der Waals surface area (Å²) in [5, 5.41) is 33.6. The van der Waals surface area contributed by atoms with Gasteiger partial charge in [0.2, 0.25) is 5.91 Å². The summed E-state index contributed by atoms with van der Waals surface area (Å²) in [5.41, 5.74) is 0. The van der Waals surface area contributed by atoms with Crippen molar-refractivity contribution in [1.82, 2.24) is 5.32 Å². The molecule has 0 heterocycles. The normalized spacial score (nSPS) is 13.3. The van der Waals surface area contributed by atoms with E-state index in [-0.39, 0.29) is 18.9 Å². The van der Waals surface area contributed by atoms with Crippen molar-refractivity contribution >= 4 is 5.91 Å². The highest BCUT2D eigenvalue weighted by molar-refractivity contribution is 5.76. The highest BCUT2D eigenvalue weighted by atomic mass is 16.3. The summed E-state index contributed by atoms with van der Waals surface area (Å²) < 4.78 is 0. The Morgan fingerprint density at radius 2 is 0.635 bits per heavy atom. The number of carbonyl (C=O) groups is 1. The molecule has 5 heteroatoms. The van der Waals surface area contributed by atoms with E-state index in [2.05, 4.69) is 31.3 Å². The molecule has 3 atom stereocenters. The molecular weight excluding hydrogens is 775 g/mol. The maximum atomic E-state index is 12.5. The van der Waals surface area contributed by atoms with Crippen molar-refractivity contribution in [3.8, 4) is 0 Å². The number of aliphatic hydroxyl groups is 3. The molecule has 0 aliphatic carbocycles. The summed E-state index contributed by atoms with van der Waals surface area (Å²) in [6.45, 7) is 4.30. The molecule has 0 aliphatic rings. The topological polar surface area (TPSA) is 89.8 Å². The van der Waals surface area contributed by atoms with E-state index in [1.54, 1.807) is 0 Å². The molecule has 0 aromatic heterocycles. The van der Waals surface area contributed by atoms with Gasteiger partial charge in [-0.05, 0) is 38.5 Å². The largest absolute Gasteiger partial charge is 0.394 e. The minimum atomic E-state index is -0.747. The van der Waals surface area contributed by atoms with Crippen LogP contribution in [0.15, 0.2) is 12.2 Å². The lowest BCUT2D eigenvalue weighted by Crippen LogP contribution is -2.46. The van der Waals surface area contributed by atoms with Crippen molar-refractivity contribution in [2.24, 2.45) is 0 Å². The molecule has 4 N–H and O–H groups in total. The first kappa shape index (κ1) is 62.1. The van der Waals surface area contributed by atoms with Crippen LogP contribution in [0.3, 0.4) is 0 Å². The molecular formula is C58H115NO4. The quantitative estimate of drug-likeness (QED) is 0.0362. The number of rotatable bonds is 54. The predicted octanol–water partition coefficient (Wildman–Crippen LogP) is 17.9. The summed E-state index contributed by atoms with van der Waals surface area (Å²) in [6.07, 6.45) is 66.6. The Morgan fingerprint density at radius 3 is 0.921 bits per heavy atom. The van der Waals surface area contributed by atoms with Crippen LogP contribution in [-0.4, -0.2) is 46.1 Å². The van der Waals surface area contributed by atoms with Gasteiger partial charge in [0.25, 0.3) is 0 Å². The summed E-state index contributed by atoms with van der Waals surface area (Å²) in [7, 11) is 0. The lowest BCUT2D eigenvalue weighted by Gasteiger charge is -2.23. The van der Waals surface area contributed by atoms with Crippen LogP contribution in [0, 0.1) is 0 Å². The Morgan fingerprint density at radius 1 is 0.381 bits per heavy atom. The molecule has 1 amide bonds. The van der Waals surface area contributed by atoms with Gasteiger partial charge in [-0.2, -0.15) is 0 Å². The minimum absolute atomic E-state index is 0.0412. The average Bonchev–Trinajstić information content (AvgIpc) is 3.28. The molecule has 376 valence electrons. The number of unbranched alkanes of at least 4 members (excludes halogenated alkanes) is 43. The molecule has 0 saturated carbocycles. The standard InChI is InChI=1S/C58H115NO4/c1-3-5-7-9-11-13-15-17-19-21-22-23-24-25-26-27-28-29-30-31-32-33-34-36-37-39-41-43-45-47-49-51-55(61)53-58(63)59-56(54-60)57(62)52-50-48-46-44-42-40-38-35-20-18-16-14-12-10-8-6-4-2/h25-26,55-57,60-62H,3-24,27-54H2,1-2H3,(H,59,63)/b26-25-. The van der Waals surface area contributed by atoms with Crippen LogP contribution in [0.25, 0.3) is 0 Å². The fourth-order valence-corrected chi connectivity index (χ4v) is 9.40. The lowest BCUT2D eigenvalue weighted by atomic mass is 10.0. The second-order valence-corrected chi connectivity index (χ2v) is 20.3. The van der Waals surface area contributed by atoms with Crippen LogP contribution in [0.2, 0.25) is 0 Å². The molecule has 63 heavy (non-hydrogen) atoms. The lowest BCUT2D eigenvalue weighted by molar-refractivity contribution is -0.125. The fourth-order valence-electron chi connectivity index (χ4n) is 9.40. The fraction of sp³-hybridized carbons (Fsp3) is 0.948. The average molecular weight is 891 g/mol. The monoisotopic (exact) mass is 890 g/mol. The van der Waals surface area contributed by atoms with Gasteiger partial charge in [0, 0.05) is 0 Å². The number of carbonyl (C=O) groups excluding carboxylic acids is 1. The molecule has 5 nitrogen and oxygen atoms in total. The van der Waals surface area contributed by atoms with E-state index in [4.69, 9.17) is 0 Å². The Bertz CT molecular complexity index is 894. The molecule has 0 aromatic carbocycles. The van der Waals surface area contributed by atoms with E-state index in [1.807, 2.05) is 0 Å². The molecule has 0 rings (SSSR count). The van der Waals surface area contributed by atoms with Gasteiger partial charge < -0.3 is 20.6 Å². The third-order valence-corrected chi connectivity index (χ3v) is 13.8. The van der Waals surface area contributed by atoms with Crippen LogP contribution in [0.5, 0.6) is 0 Å². The number of aliphatic hydroxyl groups excluding tert-OH is 3. The molecule has 3 unspecified atom stereocenters. The third-order valence-electron chi connectivity index (χ3n) is 13.8. The van der Waals surface area contributed by atoms with Crippen LogP contribution in [0.4, 0.5) is 0 Å². The Kier molecular flexibility index (Phi) is 52.9. The second-order valence-electron chi connectivity index (χ2n) is 20.3. The zero-order valence-electron chi connectivity index (χ0n) is 43.0. The first-order chi connectivity index (χ1) is 31.0. The number of amides is 1.